The number of aromatic nitrogens is 3. The molecule has 0 unspecified atom stereocenters. The fourth-order valence-electron chi connectivity index (χ4n) is 2.81. The third-order valence-corrected chi connectivity index (χ3v) is 4.53. The van der Waals surface area contributed by atoms with E-state index in [4.69, 9.17) is 4.74 Å². The van der Waals surface area contributed by atoms with Crippen molar-refractivity contribution in [1.82, 2.24) is 19.9 Å². The molecule has 0 aliphatic rings. The molecule has 0 aliphatic heterocycles. The highest BCUT2D eigenvalue weighted by molar-refractivity contribution is 5.72. The van der Waals surface area contributed by atoms with E-state index >= 15 is 0 Å². The first kappa shape index (κ1) is 20.9. The largest absolute Gasteiger partial charge is 0.434 e. The van der Waals surface area contributed by atoms with Crippen LogP contribution in [0.25, 0.3) is 11.1 Å². The molecule has 2 heterocycles. The quantitative estimate of drug-likeness (QED) is 0.594. The Morgan fingerprint density at radius 3 is 2.80 bits per heavy atom. The second kappa shape index (κ2) is 9.56. The Kier molecular flexibility index (Phi) is 6.65. The van der Waals surface area contributed by atoms with Crippen molar-refractivity contribution in [2.75, 3.05) is 13.6 Å². The third-order valence-electron chi connectivity index (χ3n) is 4.53. The number of nitrogens with zero attached hydrogens (tertiary/aromatic N) is 5. The molecule has 0 fully saturated rings. The summed E-state index contributed by atoms with van der Waals surface area (Å²) in [7, 11) is 1.74. The molecule has 0 N–H and O–H groups in total. The molecular formula is C22H20FN5O2. The highest BCUT2D eigenvalue weighted by atomic mass is 19.1. The molecule has 0 spiro atoms. The number of carbonyl (C=O) groups is 1. The maximum atomic E-state index is 14.6. The van der Waals surface area contributed by atoms with E-state index in [2.05, 4.69) is 15.0 Å². The fraction of sp³-hybridized carbons (Fsp3) is 0.227. The normalized spacial score (nSPS) is 10.3. The molecule has 0 saturated heterocycles. The molecule has 3 rings (SSSR count). The van der Waals surface area contributed by atoms with E-state index in [0.717, 1.165) is 6.42 Å². The maximum absolute atomic E-state index is 14.6. The first-order valence-electron chi connectivity index (χ1n) is 9.32. The number of amides is 1. The minimum absolute atomic E-state index is 0.00532. The lowest BCUT2D eigenvalue weighted by molar-refractivity contribution is -0.127. The van der Waals surface area contributed by atoms with Gasteiger partial charge in [-0.3, -0.25) is 14.8 Å². The molecule has 1 aromatic carbocycles. The highest BCUT2D eigenvalue weighted by Gasteiger charge is 2.11. The summed E-state index contributed by atoms with van der Waals surface area (Å²) in [6.07, 6.45) is 7.36. The molecule has 7 nitrogen and oxygen atoms in total. The van der Waals surface area contributed by atoms with Gasteiger partial charge in [0.2, 0.25) is 11.8 Å². The molecule has 2 aromatic heterocycles. The minimum atomic E-state index is -0.580. The molecule has 0 bridgehead atoms. The van der Waals surface area contributed by atoms with Crippen molar-refractivity contribution in [3.63, 3.8) is 0 Å². The summed E-state index contributed by atoms with van der Waals surface area (Å²) in [5, 5.41) is 9.20. The summed E-state index contributed by atoms with van der Waals surface area (Å²) in [6, 6.07) is 8.17. The van der Waals surface area contributed by atoms with Crippen LogP contribution in [0, 0.1) is 17.1 Å². The van der Waals surface area contributed by atoms with Gasteiger partial charge >= 0.3 is 0 Å². The lowest BCUT2D eigenvalue weighted by atomic mass is 10.0. The molecule has 0 atom stereocenters. The molecule has 0 saturated carbocycles. The smallest absolute Gasteiger partial charge is 0.238 e. The number of pyridine rings is 1. The van der Waals surface area contributed by atoms with Gasteiger partial charge in [0.05, 0.1) is 17.5 Å². The van der Waals surface area contributed by atoms with E-state index < -0.39 is 5.82 Å². The van der Waals surface area contributed by atoms with E-state index in [1.165, 1.54) is 31.5 Å². The number of hydrogen-bond acceptors (Lipinski definition) is 6. The van der Waals surface area contributed by atoms with E-state index in [9.17, 15) is 14.4 Å². The Bertz CT molecular complexity index is 1100. The van der Waals surface area contributed by atoms with Gasteiger partial charge in [0, 0.05) is 44.7 Å². The SMILES string of the molecule is CC(=O)N(C)CCCc1cncc(Oc2ccc(-c3ccncc3C#N)cc2F)n1. The predicted molar refractivity (Wildman–Crippen MR) is 108 cm³/mol. The van der Waals surface area contributed by atoms with Crippen LogP contribution < -0.4 is 4.74 Å². The lowest BCUT2D eigenvalue weighted by Crippen LogP contribution is -2.25. The van der Waals surface area contributed by atoms with Crippen molar-refractivity contribution in [3.8, 4) is 28.8 Å². The van der Waals surface area contributed by atoms with Gasteiger partial charge in [-0.15, -0.1) is 0 Å². The number of ether oxygens (including phenoxy) is 1. The number of nitriles is 1. The van der Waals surface area contributed by atoms with Crippen LogP contribution in [0.3, 0.4) is 0 Å². The van der Waals surface area contributed by atoms with Crippen LogP contribution in [-0.2, 0) is 11.2 Å². The number of rotatable bonds is 7. The molecule has 1 amide bonds. The van der Waals surface area contributed by atoms with Gasteiger partial charge in [-0.2, -0.15) is 5.26 Å². The summed E-state index contributed by atoms with van der Waals surface area (Å²) in [5.41, 5.74) is 2.19. The van der Waals surface area contributed by atoms with Crippen molar-refractivity contribution in [1.29, 1.82) is 5.26 Å². The lowest BCUT2D eigenvalue weighted by Gasteiger charge is -2.14. The third kappa shape index (κ3) is 5.14. The average molecular weight is 405 g/mol. The van der Waals surface area contributed by atoms with E-state index in [-0.39, 0.29) is 17.5 Å². The number of benzene rings is 1. The molecule has 3 aromatic rings. The van der Waals surface area contributed by atoms with Gasteiger partial charge in [-0.05, 0) is 36.6 Å². The van der Waals surface area contributed by atoms with Crippen LogP contribution in [0.1, 0.15) is 24.6 Å². The number of halogens is 1. The summed E-state index contributed by atoms with van der Waals surface area (Å²) < 4.78 is 20.2. The average Bonchev–Trinajstić information content (AvgIpc) is 2.75. The minimum Gasteiger partial charge on any atom is -0.434 e. The van der Waals surface area contributed by atoms with Crippen molar-refractivity contribution < 1.29 is 13.9 Å². The van der Waals surface area contributed by atoms with Crippen molar-refractivity contribution >= 4 is 5.91 Å². The van der Waals surface area contributed by atoms with Gasteiger partial charge in [0.25, 0.3) is 0 Å². The van der Waals surface area contributed by atoms with Gasteiger partial charge < -0.3 is 9.64 Å². The Morgan fingerprint density at radius 2 is 2.07 bits per heavy atom. The molecule has 0 aliphatic carbocycles. The maximum Gasteiger partial charge on any atom is 0.238 e. The standard InChI is InChI=1S/C22H20FN5O2/c1-15(29)28(2)9-3-4-18-13-26-14-22(27-18)30-21-6-5-16(10-20(21)23)19-7-8-25-12-17(19)11-24/h5-8,10,12-14H,3-4,9H2,1-2H3. The van der Waals surface area contributed by atoms with Gasteiger partial charge in [-0.25, -0.2) is 9.37 Å². The molecule has 30 heavy (non-hydrogen) atoms. The Morgan fingerprint density at radius 1 is 1.23 bits per heavy atom. The first-order valence-corrected chi connectivity index (χ1v) is 9.32. The second-order valence-corrected chi connectivity index (χ2v) is 6.67. The van der Waals surface area contributed by atoms with E-state index in [1.807, 2.05) is 6.07 Å². The topological polar surface area (TPSA) is 92.0 Å². The Hall–Kier alpha value is -3.86. The number of aryl methyl sites for hydroxylation is 1. The molecular weight excluding hydrogens is 385 g/mol. The fourth-order valence-corrected chi connectivity index (χ4v) is 2.81. The van der Waals surface area contributed by atoms with Crippen molar-refractivity contribution in [2.24, 2.45) is 0 Å². The number of hydrogen-bond donors (Lipinski definition) is 0. The zero-order valence-corrected chi connectivity index (χ0v) is 16.7. The highest BCUT2D eigenvalue weighted by Crippen LogP contribution is 2.29. The predicted octanol–water partition coefficient (Wildman–Crippen LogP) is 3.75. The Labute approximate surface area is 173 Å². The first-order chi connectivity index (χ1) is 14.5. The van der Waals surface area contributed by atoms with Crippen molar-refractivity contribution in [2.45, 2.75) is 19.8 Å². The molecule has 8 heteroatoms. The van der Waals surface area contributed by atoms with Crippen LogP contribution in [0.15, 0.2) is 49.1 Å². The summed E-state index contributed by atoms with van der Waals surface area (Å²) in [4.78, 5) is 25.2. The summed E-state index contributed by atoms with van der Waals surface area (Å²) in [6.45, 7) is 2.13. The van der Waals surface area contributed by atoms with Gasteiger partial charge in [0.15, 0.2) is 11.6 Å². The van der Waals surface area contributed by atoms with Gasteiger partial charge in [-0.1, -0.05) is 6.07 Å². The zero-order chi connectivity index (χ0) is 21.5. The van der Waals surface area contributed by atoms with Crippen LogP contribution in [0.5, 0.6) is 11.6 Å². The van der Waals surface area contributed by atoms with Crippen LogP contribution in [0.4, 0.5) is 4.39 Å². The molecule has 152 valence electrons. The zero-order valence-electron chi connectivity index (χ0n) is 16.7. The Balaban J connectivity index is 1.71. The number of carbonyl (C=O) groups excluding carboxylic acids is 1. The summed E-state index contributed by atoms with van der Waals surface area (Å²) in [5.74, 6) is -0.385. The second-order valence-electron chi connectivity index (χ2n) is 6.67. The van der Waals surface area contributed by atoms with Gasteiger partial charge in [0.1, 0.15) is 6.07 Å². The van der Waals surface area contributed by atoms with E-state index in [0.29, 0.717) is 35.3 Å². The van der Waals surface area contributed by atoms with E-state index in [1.54, 1.807) is 36.5 Å². The summed E-state index contributed by atoms with van der Waals surface area (Å²) >= 11 is 0. The van der Waals surface area contributed by atoms with Crippen LogP contribution in [0.2, 0.25) is 0 Å². The van der Waals surface area contributed by atoms with Crippen LogP contribution in [-0.4, -0.2) is 39.4 Å². The van der Waals surface area contributed by atoms with Crippen molar-refractivity contribution in [3.05, 3.63) is 66.1 Å². The van der Waals surface area contributed by atoms with Crippen LogP contribution >= 0.6 is 0 Å². The monoisotopic (exact) mass is 405 g/mol. The molecule has 0 radical (unpaired) electrons.